The second-order valence-electron chi connectivity index (χ2n) is 3.30. The summed E-state index contributed by atoms with van der Waals surface area (Å²) in [4.78, 5) is 23.0. The zero-order valence-electron chi connectivity index (χ0n) is 9.41. The van der Waals surface area contributed by atoms with Crippen molar-refractivity contribution in [3.63, 3.8) is 0 Å². The van der Waals surface area contributed by atoms with E-state index in [4.69, 9.17) is 0 Å². The third-order valence-corrected chi connectivity index (χ3v) is 2.44. The van der Waals surface area contributed by atoms with Gasteiger partial charge in [-0.05, 0) is 12.0 Å². The van der Waals surface area contributed by atoms with Crippen LogP contribution in [0.15, 0.2) is 35.5 Å². The Morgan fingerprint density at radius 3 is 2.31 bits per heavy atom. The first kappa shape index (κ1) is 12.2. The van der Waals surface area contributed by atoms with Crippen molar-refractivity contribution in [2.45, 2.75) is 12.8 Å². The molecule has 0 atom stereocenters. The van der Waals surface area contributed by atoms with Crippen LogP contribution in [0.5, 0.6) is 0 Å². The van der Waals surface area contributed by atoms with Crippen molar-refractivity contribution in [3.8, 4) is 0 Å². The zero-order chi connectivity index (χ0) is 12.1. The highest BCUT2D eigenvalue weighted by molar-refractivity contribution is 6.01. The summed E-state index contributed by atoms with van der Waals surface area (Å²) in [5, 5.41) is 0. The number of hydrogen-bond acceptors (Lipinski definition) is 4. The number of ether oxygens (including phenoxy) is 2. The Hall–Kier alpha value is -1.84. The van der Waals surface area contributed by atoms with Crippen molar-refractivity contribution in [3.05, 3.63) is 35.5 Å². The molecule has 0 fully saturated rings. The maximum Gasteiger partial charge on any atom is 0.334 e. The van der Waals surface area contributed by atoms with E-state index in [1.807, 2.05) is 6.08 Å². The number of carbonyl (C=O) groups excluding carboxylic acids is 2. The Kier molecular flexibility index (Phi) is 4.05. The van der Waals surface area contributed by atoms with E-state index in [9.17, 15) is 9.59 Å². The van der Waals surface area contributed by atoms with Crippen LogP contribution in [0.3, 0.4) is 0 Å². The summed E-state index contributed by atoms with van der Waals surface area (Å²) in [6, 6.07) is 0. The Morgan fingerprint density at radius 1 is 1.25 bits per heavy atom. The van der Waals surface area contributed by atoms with Crippen LogP contribution in [-0.4, -0.2) is 26.2 Å². The zero-order valence-corrected chi connectivity index (χ0v) is 9.41. The van der Waals surface area contributed by atoms with Gasteiger partial charge in [0.25, 0.3) is 0 Å². The molecular formula is C12H14O4. The van der Waals surface area contributed by atoms with Gasteiger partial charge in [0, 0.05) is 6.42 Å². The highest BCUT2D eigenvalue weighted by Crippen LogP contribution is 2.26. The van der Waals surface area contributed by atoms with Crippen molar-refractivity contribution >= 4 is 11.9 Å². The lowest BCUT2D eigenvalue weighted by atomic mass is 9.91. The third-order valence-electron chi connectivity index (χ3n) is 2.44. The summed E-state index contributed by atoms with van der Waals surface area (Å²) < 4.78 is 9.27. The fraction of sp³-hybridized carbons (Fsp3) is 0.333. The predicted octanol–water partition coefficient (Wildman–Crippen LogP) is 1.54. The lowest BCUT2D eigenvalue weighted by Gasteiger charge is -2.16. The van der Waals surface area contributed by atoms with E-state index >= 15 is 0 Å². The number of methoxy groups -OCH3 is 2. The standard InChI is InChI=1S/C12H14O4/c1-4-8-5-6-9(11(13)15-2)10(7-8)12(14)16-3/h4-5H,1,6-7H2,2-3H3. The first-order chi connectivity index (χ1) is 7.63. The van der Waals surface area contributed by atoms with Crippen LogP contribution in [0.2, 0.25) is 0 Å². The van der Waals surface area contributed by atoms with Gasteiger partial charge in [0.15, 0.2) is 0 Å². The summed E-state index contributed by atoms with van der Waals surface area (Å²) in [7, 11) is 2.58. The van der Waals surface area contributed by atoms with Gasteiger partial charge in [0.1, 0.15) is 0 Å². The molecule has 1 aliphatic rings. The van der Waals surface area contributed by atoms with Crippen molar-refractivity contribution in [1.82, 2.24) is 0 Å². The van der Waals surface area contributed by atoms with Gasteiger partial charge in [0.05, 0.1) is 25.4 Å². The monoisotopic (exact) mass is 222 g/mol. The van der Waals surface area contributed by atoms with Gasteiger partial charge in [-0.15, -0.1) is 0 Å². The summed E-state index contributed by atoms with van der Waals surface area (Å²) in [6.45, 7) is 3.63. The number of carbonyl (C=O) groups is 2. The fourth-order valence-corrected chi connectivity index (χ4v) is 1.54. The molecule has 0 aromatic rings. The lowest BCUT2D eigenvalue weighted by Crippen LogP contribution is -2.17. The van der Waals surface area contributed by atoms with Crippen LogP contribution < -0.4 is 0 Å². The smallest absolute Gasteiger partial charge is 0.334 e. The van der Waals surface area contributed by atoms with Crippen LogP contribution in [0.4, 0.5) is 0 Å². The van der Waals surface area contributed by atoms with E-state index in [1.165, 1.54) is 14.2 Å². The number of rotatable bonds is 3. The lowest BCUT2D eigenvalue weighted by molar-refractivity contribution is -0.139. The van der Waals surface area contributed by atoms with E-state index in [0.29, 0.717) is 24.0 Å². The summed E-state index contributed by atoms with van der Waals surface area (Å²) in [5.74, 6) is -0.979. The maximum atomic E-state index is 11.5. The van der Waals surface area contributed by atoms with Crippen molar-refractivity contribution in [2.75, 3.05) is 14.2 Å². The molecule has 0 bridgehead atoms. The van der Waals surface area contributed by atoms with Gasteiger partial charge >= 0.3 is 11.9 Å². The molecule has 0 saturated heterocycles. The topological polar surface area (TPSA) is 52.6 Å². The van der Waals surface area contributed by atoms with Crippen molar-refractivity contribution in [2.24, 2.45) is 0 Å². The van der Waals surface area contributed by atoms with Crippen LogP contribution in [0.1, 0.15) is 12.8 Å². The quantitative estimate of drug-likeness (QED) is 0.679. The number of esters is 2. The summed E-state index contributed by atoms with van der Waals surface area (Å²) in [5.41, 5.74) is 1.62. The molecule has 0 aliphatic heterocycles. The third kappa shape index (κ3) is 2.39. The molecule has 0 radical (unpaired) electrons. The van der Waals surface area contributed by atoms with E-state index in [2.05, 4.69) is 16.1 Å². The Bertz CT molecular complexity index is 388. The molecule has 0 unspecified atom stereocenters. The van der Waals surface area contributed by atoms with E-state index in [-0.39, 0.29) is 0 Å². The Labute approximate surface area is 94.2 Å². The molecule has 1 aliphatic carbocycles. The molecule has 16 heavy (non-hydrogen) atoms. The van der Waals surface area contributed by atoms with E-state index < -0.39 is 11.9 Å². The van der Waals surface area contributed by atoms with Crippen LogP contribution >= 0.6 is 0 Å². The highest BCUT2D eigenvalue weighted by atomic mass is 16.5. The minimum Gasteiger partial charge on any atom is -0.466 e. The van der Waals surface area contributed by atoms with Crippen LogP contribution in [-0.2, 0) is 19.1 Å². The molecule has 0 spiro atoms. The molecule has 0 N–H and O–H groups in total. The van der Waals surface area contributed by atoms with Crippen molar-refractivity contribution < 1.29 is 19.1 Å². The van der Waals surface area contributed by atoms with Gasteiger partial charge in [-0.2, -0.15) is 0 Å². The van der Waals surface area contributed by atoms with Gasteiger partial charge in [0.2, 0.25) is 0 Å². The average molecular weight is 222 g/mol. The number of hydrogen-bond donors (Lipinski definition) is 0. The molecule has 1 rings (SSSR count). The minimum absolute atomic E-state index is 0.353. The molecule has 86 valence electrons. The highest BCUT2D eigenvalue weighted by Gasteiger charge is 2.24. The Balaban J connectivity index is 3.06. The number of allylic oxidation sites excluding steroid dienone is 3. The van der Waals surface area contributed by atoms with Gasteiger partial charge in [-0.25, -0.2) is 9.59 Å². The van der Waals surface area contributed by atoms with Crippen LogP contribution in [0, 0.1) is 0 Å². The molecule has 4 nitrogen and oxygen atoms in total. The second kappa shape index (κ2) is 5.30. The largest absolute Gasteiger partial charge is 0.466 e. The van der Waals surface area contributed by atoms with Crippen molar-refractivity contribution in [1.29, 1.82) is 0 Å². The predicted molar refractivity (Wildman–Crippen MR) is 58.6 cm³/mol. The van der Waals surface area contributed by atoms with Gasteiger partial charge in [-0.1, -0.05) is 18.7 Å². The average Bonchev–Trinajstić information content (AvgIpc) is 2.36. The minimum atomic E-state index is -0.493. The van der Waals surface area contributed by atoms with Gasteiger partial charge < -0.3 is 9.47 Å². The second-order valence-corrected chi connectivity index (χ2v) is 3.30. The Morgan fingerprint density at radius 2 is 1.81 bits per heavy atom. The molecule has 4 heteroatoms. The molecule has 0 amide bonds. The van der Waals surface area contributed by atoms with Crippen LogP contribution in [0.25, 0.3) is 0 Å². The summed E-state index contributed by atoms with van der Waals surface area (Å²) in [6.07, 6.45) is 4.25. The van der Waals surface area contributed by atoms with Gasteiger partial charge in [-0.3, -0.25) is 0 Å². The first-order valence-electron chi connectivity index (χ1n) is 4.84. The molecule has 0 heterocycles. The maximum absolute atomic E-state index is 11.5. The molecular weight excluding hydrogens is 208 g/mol. The molecule has 0 saturated carbocycles. The fourth-order valence-electron chi connectivity index (χ4n) is 1.54. The SMILES string of the molecule is C=CC1=CCC(C(=O)OC)=C(C(=O)OC)C1. The normalized spacial score (nSPS) is 15.2. The van der Waals surface area contributed by atoms with E-state index in [1.54, 1.807) is 6.08 Å². The van der Waals surface area contributed by atoms with E-state index in [0.717, 1.165) is 5.57 Å². The summed E-state index contributed by atoms with van der Waals surface area (Å²) >= 11 is 0. The first-order valence-corrected chi connectivity index (χ1v) is 4.84. The molecule has 0 aromatic carbocycles. The molecule has 0 aromatic heterocycles.